The summed E-state index contributed by atoms with van der Waals surface area (Å²) in [5.41, 5.74) is 1.79. The normalized spacial score (nSPS) is 12.7. The Labute approximate surface area is 202 Å². The lowest BCUT2D eigenvalue weighted by Gasteiger charge is -2.19. The largest absolute Gasteiger partial charge is 0.496 e. The van der Waals surface area contributed by atoms with Gasteiger partial charge < -0.3 is 14.2 Å². The zero-order valence-electron chi connectivity index (χ0n) is 20.1. The lowest BCUT2D eigenvalue weighted by atomic mass is 10.1. The van der Waals surface area contributed by atoms with Crippen molar-refractivity contribution in [3.8, 4) is 17.1 Å². The molecule has 0 spiro atoms. The number of hydrogen-bond acceptors (Lipinski definition) is 7. The third-order valence-corrected chi connectivity index (χ3v) is 7.23. The van der Waals surface area contributed by atoms with Gasteiger partial charge in [0.25, 0.3) is 0 Å². The van der Waals surface area contributed by atoms with E-state index in [9.17, 15) is 8.42 Å². The number of aromatic nitrogens is 2. The van der Waals surface area contributed by atoms with E-state index < -0.39 is 16.1 Å². The number of rotatable bonds is 14. The van der Waals surface area contributed by atoms with Gasteiger partial charge in [0.05, 0.1) is 18.4 Å². The van der Waals surface area contributed by atoms with Crippen LogP contribution in [0.5, 0.6) is 5.75 Å². The van der Waals surface area contributed by atoms with Gasteiger partial charge in [-0.25, -0.2) is 13.1 Å². The Morgan fingerprint density at radius 3 is 2.47 bits per heavy atom. The number of benzene rings is 2. The molecule has 1 atom stereocenters. The fourth-order valence-corrected chi connectivity index (χ4v) is 5.08. The van der Waals surface area contributed by atoms with E-state index in [1.165, 1.54) is 0 Å². The molecule has 9 heteroatoms. The smallest absolute Gasteiger partial charge is 0.245 e. The Hall–Kier alpha value is -2.75. The van der Waals surface area contributed by atoms with Crippen molar-refractivity contribution in [2.24, 2.45) is 0 Å². The highest BCUT2D eigenvalue weighted by molar-refractivity contribution is 7.89. The molecule has 1 aromatic heterocycles. The maximum atomic E-state index is 12.9. The average Bonchev–Trinajstić information content (AvgIpc) is 3.35. The van der Waals surface area contributed by atoms with Crippen molar-refractivity contribution in [3.63, 3.8) is 0 Å². The molecular formula is C25H34N4O4S. The summed E-state index contributed by atoms with van der Waals surface area (Å²) in [5.74, 6) is 1.26. The number of hydrogen-bond donors (Lipinski definition) is 1. The summed E-state index contributed by atoms with van der Waals surface area (Å²) in [5, 5.41) is 4.10. The van der Waals surface area contributed by atoms with E-state index in [4.69, 9.17) is 9.26 Å². The first kappa shape index (κ1) is 25.9. The molecule has 184 valence electrons. The standard InChI is InChI=1S/C25H34N4O4S/c1-4-29(5-2)18-11-19-34(30,31)28-22(17-16-20-12-7-6-8-13-20)25-26-24(27-33-25)21-14-9-10-15-23(21)32-3/h6-10,12-15,22,28H,4-5,11,16-19H2,1-3H3/t22-/m1/s1. The van der Waals surface area contributed by atoms with Crippen LogP contribution in [0.3, 0.4) is 0 Å². The SMILES string of the molecule is CCN(CC)CCCS(=O)(=O)N[C@H](CCc1ccccc1)c1nc(-c2ccccc2OC)no1. The minimum Gasteiger partial charge on any atom is -0.496 e. The van der Waals surface area contributed by atoms with Crippen LogP contribution in [0.25, 0.3) is 11.4 Å². The molecule has 8 nitrogen and oxygen atoms in total. The van der Waals surface area contributed by atoms with Gasteiger partial charge in [0.1, 0.15) is 11.8 Å². The number of nitrogens with zero attached hydrogens (tertiary/aromatic N) is 3. The molecular weight excluding hydrogens is 452 g/mol. The number of aryl methyl sites for hydroxylation is 1. The van der Waals surface area contributed by atoms with Crippen LogP contribution in [0, 0.1) is 0 Å². The molecule has 0 aliphatic rings. The van der Waals surface area contributed by atoms with Gasteiger partial charge in [0.2, 0.25) is 21.7 Å². The Morgan fingerprint density at radius 2 is 1.76 bits per heavy atom. The molecule has 34 heavy (non-hydrogen) atoms. The quantitative estimate of drug-likeness (QED) is 0.367. The Morgan fingerprint density at radius 1 is 1.06 bits per heavy atom. The van der Waals surface area contributed by atoms with Gasteiger partial charge in [-0.3, -0.25) is 0 Å². The summed E-state index contributed by atoms with van der Waals surface area (Å²) in [4.78, 5) is 6.74. The summed E-state index contributed by atoms with van der Waals surface area (Å²) < 4.78 is 39.6. The zero-order valence-corrected chi connectivity index (χ0v) is 20.9. The van der Waals surface area contributed by atoms with E-state index in [-0.39, 0.29) is 11.6 Å². The van der Waals surface area contributed by atoms with E-state index in [2.05, 4.69) is 33.6 Å². The fraction of sp³-hybridized carbons (Fsp3) is 0.440. The van der Waals surface area contributed by atoms with E-state index in [1.54, 1.807) is 7.11 Å². The van der Waals surface area contributed by atoms with Crippen LogP contribution < -0.4 is 9.46 Å². The van der Waals surface area contributed by atoms with Crippen LogP contribution >= 0.6 is 0 Å². The van der Waals surface area contributed by atoms with E-state index in [0.717, 1.165) is 25.2 Å². The van der Waals surface area contributed by atoms with Gasteiger partial charge in [0, 0.05) is 0 Å². The van der Waals surface area contributed by atoms with Gasteiger partial charge >= 0.3 is 0 Å². The minimum atomic E-state index is -3.54. The number of para-hydroxylation sites is 1. The number of methoxy groups -OCH3 is 1. The van der Waals surface area contributed by atoms with Crippen molar-refractivity contribution >= 4 is 10.0 Å². The number of nitrogens with one attached hydrogen (secondary N) is 1. The number of ether oxygens (including phenoxy) is 1. The Kier molecular flexibility index (Phi) is 9.62. The first-order valence-corrected chi connectivity index (χ1v) is 13.3. The van der Waals surface area contributed by atoms with Crippen molar-refractivity contribution < 1.29 is 17.7 Å². The molecule has 0 unspecified atom stereocenters. The zero-order chi connectivity index (χ0) is 24.4. The van der Waals surface area contributed by atoms with Gasteiger partial charge in [-0.05, 0) is 56.6 Å². The van der Waals surface area contributed by atoms with Crippen molar-refractivity contribution in [2.45, 2.75) is 39.2 Å². The van der Waals surface area contributed by atoms with Crippen LogP contribution in [-0.2, 0) is 16.4 Å². The molecule has 1 N–H and O–H groups in total. The fourth-order valence-electron chi connectivity index (χ4n) is 3.80. The summed E-state index contributed by atoms with van der Waals surface area (Å²) in [7, 11) is -1.96. The molecule has 0 aliphatic carbocycles. The highest BCUT2D eigenvalue weighted by Gasteiger charge is 2.25. The second-order valence-corrected chi connectivity index (χ2v) is 9.92. The molecule has 0 aliphatic heterocycles. The predicted octanol–water partition coefficient (Wildman–Crippen LogP) is 4.07. The molecule has 0 amide bonds. The van der Waals surface area contributed by atoms with E-state index >= 15 is 0 Å². The number of sulfonamides is 1. The monoisotopic (exact) mass is 486 g/mol. The lowest BCUT2D eigenvalue weighted by molar-refractivity contribution is 0.304. The van der Waals surface area contributed by atoms with Gasteiger partial charge in [-0.1, -0.05) is 61.5 Å². The predicted molar refractivity (Wildman–Crippen MR) is 133 cm³/mol. The van der Waals surface area contributed by atoms with E-state index in [1.807, 2.05) is 54.6 Å². The van der Waals surface area contributed by atoms with Gasteiger partial charge in [-0.15, -0.1) is 0 Å². The first-order chi connectivity index (χ1) is 16.5. The molecule has 0 saturated carbocycles. The Bertz CT molecular complexity index is 1110. The average molecular weight is 487 g/mol. The third-order valence-electron chi connectivity index (χ3n) is 5.76. The lowest BCUT2D eigenvalue weighted by Crippen LogP contribution is -2.33. The van der Waals surface area contributed by atoms with Crippen LogP contribution in [0.15, 0.2) is 59.1 Å². The third kappa shape index (κ3) is 7.38. The molecule has 0 bridgehead atoms. The van der Waals surface area contributed by atoms with Crippen LogP contribution in [-0.4, -0.2) is 56.0 Å². The summed E-state index contributed by atoms with van der Waals surface area (Å²) in [6.07, 6.45) is 1.71. The van der Waals surface area contributed by atoms with Crippen molar-refractivity contribution in [2.75, 3.05) is 32.5 Å². The molecule has 0 fully saturated rings. The Balaban J connectivity index is 1.78. The summed E-state index contributed by atoms with van der Waals surface area (Å²) in [6.45, 7) is 6.69. The summed E-state index contributed by atoms with van der Waals surface area (Å²) in [6, 6.07) is 16.7. The highest BCUT2D eigenvalue weighted by Crippen LogP contribution is 2.29. The van der Waals surface area contributed by atoms with Crippen LogP contribution in [0.4, 0.5) is 0 Å². The van der Waals surface area contributed by atoms with Crippen molar-refractivity contribution in [1.29, 1.82) is 0 Å². The molecule has 2 aromatic carbocycles. The molecule has 0 saturated heterocycles. The van der Waals surface area contributed by atoms with Crippen molar-refractivity contribution in [1.82, 2.24) is 19.8 Å². The molecule has 3 rings (SSSR count). The topological polar surface area (TPSA) is 97.6 Å². The summed E-state index contributed by atoms with van der Waals surface area (Å²) >= 11 is 0. The first-order valence-electron chi connectivity index (χ1n) is 11.7. The second kappa shape index (κ2) is 12.6. The van der Waals surface area contributed by atoms with Gasteiger partial charge in [-0.2, -0.15) is 4.98 Å². The van der Waals surface area contributed by atoms with Gasteiger partial charge in [0.15, 0.2) is 0 Å². The van der Waals surface area contributed by atoms with Crippen LogP contribution in [0.1, 0.15) is 44.2 Å². The highest BCUT2D eigenvalue weighted by atomic mass is 32.2. The maximum absolute atomic E-state index is 12.9. The molecule has 1 heterocycles. The molecule has 0 radical (unpaired) electrons. The van der Waals surface area contributed by atoms with E-state index in [0.29, 0.717) is 36.4 Å². The minimum absolute atomic E-state index is 0.0405. The second-order valence-electron chi connectivity index (χ2n) is 8.05. The molecule has 3 aromatic rings. The van der Waals surface area contributed by atoms with Crippen LogP contribution in [0.2, 0.25) is 0 Å². The maximum Gasteiger partial charge on any atom is 0.245 e. The van der Waals surface area contributed by atoms with Crippen molar-refractivity contribution in [3.05, 3.63) is 66.1 Å².